The van der Waals surface area contributed by atoms with Crippen LogP contribution >= 0.6 is 23.1 Å². The highest BCUT2D eigenvalue weighted by molar-refractivity contribution is 7.99. The van der Waals surface area contributed by atoms with Crippen LogP contribution in [0.25, 0.3) is 10.6 Å². The van der Waals surface area contributed by atoms with Crippen LogP contribution in [0.1, 0.15) is 44.5 Å². The predicted molar refractivity (Wildman–Crippen MR) is 106 cm³/mol. The van der Waals surface area contributed by atoms with Gasteiger partial charge >= 0.3 is 0 Å². The molecular weight excluding hydrogens is 350 g/mol. The van der Waals surface area contributed by atoms with E-state index in [0.29, 0.717) is 12.0 Å². The molecule has 25 heavy (non-hydrogen) atoms. The van der Waals surface area contributed by atoms with Gasteiger partial charge in [-0.3, -0.25) is 4.79 Å². The Morgan fingerprint density at radius 2 is 2.04 bits per heavy atom. The molecule has 0 spiro atoms. The van der Waals surface area contributed by atoms with Gasteiger partial charge in [-0.1, -0.05) is 61.4 Å². The molecule has 3 rings (SSSR count). The molecule has 1 aromatic carbocycles. The minimum atomic E-state index is -0.0711. The number of amides is 1. The summed E-state index contributed by atoms with van der Waals surface area (Å²) in [6, 6.07) is 10.4. The number of nitrogens with zero attached hydrogens (tertiary/aromatic N) is 2. The van der Waals surface area contributed by atoms with Crippen molar-refractivity contribution in [2.45, 2.75) is 56.6 Å². The number of thioether (sulfide) groups is 1. The van der Waals surface area contributed by atoms with Crippen LogP contribution in [0.2, 0.25) is 0 Å². The second kappa shape index (κ2) is 8.81. The largest absolute Gasteiger partial charge is 0.352 e. The lowest BCUT2D eigenvalue weighted by Crippen LogP contribution is -2.44. The fourth-order valence-electron chi connectivity index (χ4n) is 3.11. The first-order valence-electron chi connectivity index (χ1n) is 8.93. The van der Waals surface area contributed by atoms with Crippen molar-refractivity contribution in [2.75, 3.05) is 0 Å². The lowest BCUT2D eigenvalue weighted by molar-refractivity contribution is -0.121. The molecule has 1 aliphatic carbocycles. The first-order chi connectivity index (χ1) is 12.1. The maximum atomic E-state index is 12.4. The van der Waals surface area contributed by atoms with Gasteiger partial charge in [0.1, 0.15) is 10.0 Å². The predicted octanol–water partition coefficient (Wildman–Crippen LogP) is 4.52. The third-order valence-corrected chi connectivity index (χ3v) is 7.06. The van der Waals surface area contributed by atoms with Crippen molar-refractivity contribution in [3.05, 3.63) is 35.3 Å². The quantitative estimate of drug-likeness (QED) is 0.806. The number of carbonyl (C=O) groups is 1. The Balaban J connectivity index is 1.49. The highest BCUT2D eigenvalue weighted by atomic mass is 32.2. The van der Waals surface area contributed by atoms with E-state index in [1.807, 2.05) is 37.3 Å². The summed E-state index contributed by atoms with van der Waals surface area (Å²) in [5.74, 6) is 1.46. The molecule has 1 heterocycles. The van der Waals surface area contributed by atoms with Crippen molar-refractivity contribution in [2.24, 2.45) is 5.92 Å². The number of rotatable bonds is 6. The van der Waals surface area contributed by atoms with Crippen LogP contribution in [0.15, 0.2) is 30.3 Å². The van der Waals surface area contributed by atoms with Crippen LogP contribution in [-0.4, -0.2) is 27.4 Å². The lowest BCUT2D eigenvalue weighted by atomic mass is 9.86. The van der Waals surface area contributed by atoms with E-state index in [-0.39, 0.29) is 11.2 Å². The normalized spacial score (nSPS) is 21.7. The average molecular weight is 376 g/mol. The van der Waals surface area contributed by atoms with Gasteiger partial charge in [-0.15, -0.1) is 22.0 Å². The number of carbonyl (C=O) groups excluding carboxylic acids is 1. The van der Waals surface area contributed by atoms with Crippen LogP contribution in [-0.2, 0) is 10.5 Å². The third kappa shape index (κ3) is 5.05. The fraction of sp³-hybridized carbons (Fsp3) is 0.526. The zero-order valence-corrected chi connectivity index (χ0v) is 16.4. The summed E-state index contributed by atoms with van der Waals surface area (Å²) in [5, 5.41) is 13.6. The van der Waals surface area contributed by atoms with E-state index in [9.17, 15) is 4.79 Å². The van der Waals surface area contributed by atoms with Gasteiger partial charge in [0.05, 0.1) is 5.25 Å². The van der Waals surface area contributed by atoms with Crippen molar-refractivity contribution < 1.29 is 4.79 Å². The van der Waals surface area contributed by atoms with Gasteiger partial charge in [-0.2, -0.15) is 0 Å². The molecule has 1 N–H and O–H groups in total. The summed E-state index contributed by atoms with van der Waals surface area (Å²) in [5.41, 5.74) is 1.09. The fourth-order valence-corrected chi connectivity index (χ4v) is 4.86. The number of aromatic nitrogens is 2. The van der Waals surface area contributed by atoms with Crippen LogP contribution in [0.3, 0.4) is 0 Å². The molecule has 0 unspecified atom stereocenters. The van der Waals surface area contributed by atoms with E-state index in [1.54, 1.807) is 23.1 Å². The van der Waals surface area contributed by atoms with Crippen LogP contribution in [0, 0.1) is 5.92 Å². The van der Waals surface area contributed by atoms with E-state index < -0.39 is 0 Å². The highest BCUT2D eigenvalue weighted by Gasteiger charge is 2.25. The molecule has 134 valence electrons. The maximum absolute atomic E-state index is 12.4. The topological polar surface area (TPSA) is 54.9 Å². The summed E-state index contributed by atoms with van der Waals surface area (Å²) in [6.07, 6.45) is 4.85. The Kier molecular flexibility index (Phi) is 6.48. The van der Waals surface area contributed by atoms with Gasteiger partial charge in [0.2, 0.25) is 5.91 Å². The summed E-state index contributed by atoms with van der Waals surface area (Å²) < 4.78 is 0. The molecule has 1 aromatic heterocycles. The summed E-state index contributed by atoms with van der Waals surface area (Å²) in [7, 11) is 0. The van der Waals surface area contributed by atoms with Gasteiger partial charge in [0.25, 0.3) is 0 Å². The third-order valence-electron chi connectivity index (χ3n) is 4.75. The van der Waals surface area contributed by atoms with Crippen molar-refractivity contribution in [1.82, 2.24) is 15.5 Å². The monoisotopic (exact) mass is 375 g/mol. The van der Waals surface area contributed by atoms with E-state index in [1.165, 1.54) is 19.3 Å². The van der Waals surface area contributed by atoms with Crippen molar-refractivity contribution in [3.8, 4) is 10.6 Å². The summed E-state index contributed by atoms with van der Waals surface area (Å²) >= 11 is 3.23. The van der Waals surface area contributed by atoms with Crippen LogP contribution in [0.4, 0.5) is 0 Å². The molecule has 0 radical (unpaired) electrons. The second-order valence-corrected chi connectivity index (χ2v) is 9.09. The summed E-state index contributed by atoms with van der Waals surface area (Å²) in [4.78, 5) is 12.4. The van der Waals surface area contributed by atoms with Gasteiger partial charge in [0.15, 0.2) is 0 Å². The number of benzene rings is 1. The van der Waals surface area contributed by atoms with Gasteiger partial charge < -0.3 is 5.32 Å². The summed E-state index contributed by atoms with van der Waals surface area (Å²) in [6.45, 7) is 4.22. The molecule has 0 aliphatic heterocycles. The first-order valence-corrected chi connectivity index (χ1v) is 10.8. The molecule has 1 aliphatic rings. The Bertz CT molecular complexity index is 689. The van der Waals surface area contributed by atoms with Crippen molar-refractivity contribution in [3.63, 3.8) is 0 Å². The molecule has 3 atom stereocenters. The lowest BCUT2D eigenvalue weighted by Gasteiger charge is -2.30. The van der Waals surface area contributed by atoms with Gasteiger partial charge in [-0.25, -0.2) is 0 Å². The van der Waals surface area contributed by atoms with Crippen LogP contribution in [0.5, 0.6) is 0 Å². The van der Waals surface area contributed by atoms with Crippen molar-refractivity contribution in [1.29, 1.82) is 0 Å². The molecule has 0 bridgehead atoms. The molecule has 4 nitrogen and oxygen atoms in total. The van der Waals surface area contributed by atoms with Gasteiger partial charge in [-0.05, 0) is 25.7 Å². The Morgan fingerprint density at radius 3 is 2.80 bits per heavy atom. The second-order valence-electron chi connectivity index (χ2n) is 6.70. The molecule has 1 saturated carbocycles. The standard InChI is InChI=1S/C19H25N3OS2/c1-13-8-6-7-11-16(13)20-18(23)14(2)24-12-17-21-22-19(25-17)15-9-4-3-5-10-15/h3-5,9-10,13-14,16H,6-8,11-12H2,1-2H3,(H,20,23)/t13-,14-,16-/m0/s1. The molecule has 1 fully saturated rings. The number of hydrogen-bond acceptors (Lipinski definition) is 5. The zero-order valence-electron chi connectivity index (χ0n) is 14.8. The minimum Gasteiger partial charge on any atom is -0.352 e. The smallest absolute Gasteiger partial charge is 0.233 e. The van der Waals surface area contributed by atoms with Gasteiger partial charge in [0, 0.05) is 17.4 Å². The Labute approximate surface area is 157 Å². The van der Waals surface area contributed by atoms with E-state index >= 15 is 0 Å². The van der Waals surface area contributed by atoms with E-state index in [0.717, 1.165) is 27.8 Å². The first kappa shape index (κ1) is 18.4. The molecule has 2 aromatic rings. The van der Waals surface area contributed by atoms with E-state index in [4.69, 9.17) is 0 Å². The van der Waals surface area contributed by atoms with E-state index in [2.05, 4.69) is 22.4 Å². The molecule has 6 heteroatoms. The highest BCUT2D eigenvalue weighted by Crippen LogP contribution is 2.28. The minimum absolute atomic E-state index is 0.0711. The Hall–Kier alpha value is -1.40. The average Bonchev–Trinajstić information content (AvgIpc) is 3.11. The van der Waals surface area contributed by atoms with Crippen LogP contribution < -0.4 is 5.32 Å². The number of hydrogen-bond donors (Lipinski definition) is 1. The molecular formula is C19H25N3OS2. The SMILES string of the molecule is C[C@H](SCc1nnc(-c2ccccc2)s1)C(=O)N[C@H]1CCCC[C@@H]1C. The maximum Gasteiger partial charge on any atom is 0.233 e. The number of nitrogens with one attached hydrogen (secondary N) is 1. The molecule has 1 amide bonds. The van der Waals surface area contributed by atoms with Crippen molar-refractivity contribution >= 4 is 29.0 Å². The zero-order chi connectivity index (χ0) is 17.6. The Morgan fingerprint density at radius 1 is 1.28 bits per heavy atom. The molecule has 0 saturated heterocycles.